The van der Waals surface area contributed by atoms with E-state index in [4.69, 9.17) is 0 Å². The van der Waals surface area contributed by atoms with Gasteiger partial charge in [-0.2, -0.15) is 0 Å². The minimum absolute atomic E-state index is 0.0387. The van der Waals surface area contributed by atoms with E-state index >= 15 is 0 Å². The first kappa shape index (κ1) is 15.7. The Morgan fingerprint density at radius 2 is 1.86 bits per heavy atom. The van der Waals surface area contributed by atoms with Gasteiger partial charge in [0, 0.05) is 11.1 Å². The molecule has 3 nitrogen and oxygen atoms in total. The van der Waals surface area contributed by atoms with Gasteiger partial charge in [-0.1, -0.05) is 54.9 Å². The molecule has 3 rings (SSSR count). The number of rotatable bonds is 2. The number of hydrogen-bond acceptors (Lipinski definition) is 2. The number of Topliss-reactive ketones (excluding diaryl/α,β-unsaturated/α-hetero) is 1. The zero-order valence-corrected chi connectivity index (χ0v) is 15.1. The lowest BCUT2D eigenvalue weighted by molar-refractivity contribution is -0.130. The monoisotopic (exact) mass is 363 g/mol. The van der Waals surface area contributed by atoms with Gasteiger partial charge in [0.15, 0.2) is 5.78 Å². The molecule has 1 amide bonds. The summed E-state index contributed by atoms with van der Waals surface area (Å²) in [5.41, 5.74) is 0.384. The first-order valence-corrected chi connectivity index (χ1v) is 8.65. The maximum Gasteiger partial charge on any atom is 0.232 e. The first-order valence-electron chi connectivity index (χ1n) is 7.74. The largest absolute Gasteiger partial charge is 0.325 e. The highest BCUT2D eigenvalue weighted by Gasteiger charge is 2.76. The van der Waals surface area contributed by atoms with E-state index < -0.39 is 15.7 Å². The SMILES string of the molecule is Cc1ccccc1NC(=O)[C@@]12CC[C@@](C)(C(=O)[C@@H]1Br)C2(C)C. The van der Waals surface area contributed by atoms with Gasteiger partial charge in [0.05, 0.1) is 10.2 Å². The summed E-state index contributed by atoms with van der Waals surface area (Å²) in [5.74, 6) is 0.131. The van der Waals surface area contributed by atoms with Crippen molar-refractivity contribution in [2.24, 2.45) is 16.2 Å². The van der Waals surface area contributed by atoms with E-state index in [1.807, 2.05) is 38.1 Å². The molecule has 0 unspecified atom stereocenters. The lowest BCUT2D eigenvalue weighted by Crippen LogP contribution is -2.48. The number of aryl methyl sites for hydroxylation is 1. The third kappa shape index (κ3) is 1.62. The molecule has 0 saturated heterocycles. The number of ketones is 1. The maximum absolute atomic E-state index is 13.2. The first-order chi connectivity index (χ1) is 10.2. The third-order valence-electron chi connectivity index (χ3n) is 6.52. The zero-order valence-electron chi connectivity index (χ0n) is 13.5. The van der Waals surface area contributed by atoms with E-state index in [0.717, 1.165) is 24.1 Å². The number of fused-ring (bicyclic) bond motifs is 2. The molecule has 1 aromatic carbocycles. The molecule has 2 aliphatic rings. The molecule has 2 fully saturated rings. The Kier molecular flexibility index (Phi) is 3.34. The number of carbonyl (C=O) groups excluding carboxylic acids is 2. The van der Waals surface area contributed by atoms with Crippen molar-refractivity contribution in [2.75, 3.05) is 5.32 Å². The van der Waals surface area contributed by atoms with Crippen LogP contribution in [0.3, 0.4) is 0 Å². The number of para-hydroxylation sites is 1. The number of halogens is 1. The van der Waals surface area contributed by atoms with Crippen molar-refractivity contribution in [3.8, 4) is 0 Å². The van der Waals surface area contributed by atoms with E-state index in [1.54, 1.807) is 0 Å². The Hall–Kier alpha value is -1.16. The summed E-state index contributed by atoms with van der Waals surface area (Å²) in [6, 6.07) is 7.75. The summed E-state index contributed by atoms with van der Waals surface area (Å²) in [6.07, 6.45) is 1.53. The molecular formula is C18H22BrNO2. The quantitative estimate of drug-likeness (QED) is 0.804. The van der Waals surface area contributed by atoms with Crippen LogP contribution in [0.15, 0.2) is 24.3 Å². The molecule has 0 aliphatic heterocycles. The van der Waals surface area contributed by atoms with Gasteiger partial charge < -0.3 is 5.32 Å². The van der Waals surface area contributed by atoms with Crippen LogP contribution in [0.2, 0.25) is 0 Å². The fraction of sp³-hybridized carbons (Fsp3) is 0.556. The van der Waals surface area contributed by atoms with Crippen LogP contribution in [0.4, 0.5) is 5.69 Å². The van der Waals surface area contributed by atoms with E-state index in [9.17, 15) is 9.59 Å². The molecule has 22 heavy (non-hydrogen) atoms. The fourth-order valence-electron chi connectivity index (χ4n) is 4.40. The molecule has 1 N–H and O–H groups in total. The summed E-state index contributed by atoms with van der Waals surface area (Å²) in [4.78, 5) is 25.5. The predicted molar refractivity (Wildman–Crippen MR) is 91.1 cm³/mol. The zero-order chi connectivity index (χ0) is 16.3. The molecule has 2 aliphatic carbocycles. The van der Waals surface area contributed by atoms with Crippen LogP contribution in [-0.4, -0.2) is 16.5 Å². The molecule has 118 valence electrons. The van der Waals surface area contributed by atoms with Crippen molar-refractivity contribution >= 4 is 33.3 Å². The predicted octanol–water partition coefficient (Wildman–Crippen LogP) is 4.09. The molecule has 0 heterocycles. The van der Waals surface area contributed by atoms with Crippen molar-refractivity contribution in [2.45, 2.75) is 45.4 Å². The molecule has 0 radical (unpaired) electrons. The number of nitrogens with one attached hydrogen (secondary N) is 1. The smallest absolute Gasteiger partial charge is 0.232 e. The normalized spacial score (nSPS) is 35.7. The lowest BCUT2D eigenvalue weighted by atomic mass is 9.64. The number of alkyl halides is 1. The molecule has 0 aromatic heterocycles. The average Bonchev–Trinajstić information content (AvgIpc) is 2.74. The van der Waals surface area contributed by atoms with Crippen LogP contribution >= 0.6 is 15.9 Å². The molecule has 1 aromatic rings. The van der Waals surface area contributed by atoms with Crippen LogP contribution in [-0.2, 0) is 9.59 Å². The van der Waals surface area contributed by atoms with Crippen LogP contribution in [0.25, 0.3) is 0 Å². The van der Waals surface area contributed by atoms with Gasteiger partial charge in [0.1, 0.15) is 0 Å². The van der Waals surface area contributed by atoms with Crippen molar-refractivity contribution in [3.05, 3.63) is 29.8 Å². The van der Waals surface area contributed by atoms with Gasteiger partial charge in [-0.3, -0.25) is 9.59 Å². The van der Waals surface area contributed by atoms with Gasteiger partial charge >= 0.3 is 0 Å². The number of hydrogen-bond donors (Lipinski definition) is 1. The highest BCUT2D eigenvalue weighted by molar-refractivity contribution is 9.10. The Morgan fingerprint density at radius 3 is 2.41 bits per heavy atom. The number of anilines is 1. The Morgan fingerprint density at radius 1 is 1.23 bits per heavy atom. The molecule has 3 atom stereocenters. The van der Waals surface area contributed by atoms with Crippen molar-refractivity contribution in [3.63, 3.8) is 0 Å². The van der Waals surface area contributed by atoms with E-state index in [0.29, 0.717) is 0 Å². The lowest BCUT2D eigenvalue weighted by Gasteiger charge is -2.39. The summed E-state index contributed by atoms with van der Waals surface area (Å²) >= 11 is 3.55. The molecule has 2 bridgehead atoms. The number of amides is 1. The van der Waals surface area contributed by atoms with Crippen LogP contribution in [0.1, 0.15) is 39.2 Å². The molecular weight excluding hydrogens is 342 g/mol. The average molecular weight is 364 g/mol. The second-order valence-corrected chi connectivity index (χ2v) is 8.34. The van der Waals surface area contributed by atoms with Crippen molar-refractivity contribution in [1.82, 2.24) is 0 Å². The van der Waals surface area contributed by atoms with Gasteiger partial charge in [-0.25, -0.2) is 0 Å². The van der Waals surface area contributed by atoms with Gasteiger partial charge in [0.25, 0.3) is 0 Å². The Labute approximate surface area is 140 Å². The minimum atomic E-state index is -0.679. The van der Waals surface area contributed by atoms with Crippen molar-refractivity contribution in [1.29, 1.82) is 0 Å². The molecule has 2 saturated carbocycles. The summed E-state index contributed by atoms with van der Waals surface area (Å²) in [7, 11) is 0. The Bertz CT molecular complexity index is 669. The third-order valence-corrected chi connectivity index (χ3v) is 7.72. The molecule has 0 spiro atoms. The minimum Gasteiger partial charge on any atom is -0.325 e. The second kappa shape index (κ2) is 4.67. The number of carbonyl (C=O) groups is 2. The Balaban J connectivity index is 2.02. The summed E-state index contributed by atoms with van der Waals surface area (Å²) in [5, 5.41) is 3.07. The van der Waals surface area contributed by atoms with Crippen molar-refractivity contribution < 1.29 is 9.59 Å². The standard InChI is InChI=1S/C18H22BrNO2/c1-11-7-5-6-8-12(11)20-15(22)18-10-9-17(4,16(18,2)3)14(21)13(18)19/h5-8,13H,9-10H2,1-4H3,(H,20,22)/t13-,17-,18+/m0/s1. The summed E-state index contributed by atoms with van der Waals surface area (Å²) < 4.78 is 0. The second-order valence-electron chi connectivity index (χ2n) is 7.42. The van der Waals surface area contributed by atoms with Crippen LogP contribution in [0, 0.1) is 23.2 Å². The fourth-order valence-corrected chi connectivity index (χ4v) is 5.92. The van der Waals surface area contributed by atoms with E-state index in [1.165, 1.54) is 0 Å². The van der Waals surface area contributed by atoms with E-state index in [-0.39, 0.29) is 17.1 Å². The van der Waals surface area contributed by atoms with Crippen LogP contribution < -0.4 is 5.32 Å². The van der Waals surface area contributed by atoms with Gasteiger partial charge in [0.2, 0.25) is 5.91 Å². The highest BCUT2D eigenvalue weighted by Crippen LogP contribution is 2.72. The van der Waals surface area contributed by atoms with E-state index in [2.05, 4.69) is 35.1 Å². The van der Waals surface area contributed by atoms with Gasteiger partial charge in [-0.05, 0) is 36.8 Å². The molecule has 4 heteroatoms. The highest BCUT2D eigenvalue weighted by atomic mass is 79.9. The summed E-state index contributed by atoms with van der Waals surface area (Å²) in [6.45, 7) is 8.12. The topological polar surface area (TPSA) is 46.2 Å². The van der Waals surface area contributed by atoms with Gasteiger partial charge in [-0.15, -0.1) is 0 Å². The maximum atomic E-state index is 13.2. The number of benzene rings is 1. The van der Waals surface area contributed by atoms with Crippen LogP contribution in [0.5, 0.6) is 0 Å².